The molecule has 0 fully saturated rings. The number of hydrogen-bond acceptors (Lipinski definition) is 4. The monoisotopic (exact) mass is 492 g/mol. The zero-order valence-corrected chi connectivity index (χ0v) is 20.7. The van der Waals surface area contributed by atoms with Crippen LogP contribution in [0.5, 0.6) is 0 Å². The average molecular weight is 493 g/mol. The molecule has 4 rings (SSSR count). The number of nitrogens with zero attached hydrogens (tertiary/aromatic N) is 1. The highest BCUT2D eigenvalue weighted by Gasteiger charge is 2.14. The Labute approximate surface area is 207 Å². The fourth-order valence-corrected chi connectivity index (χ4v) is 4.61. The van der Waals surface area contributed by atoms with Gasteiger partial charge in [0.1, 0.15) is 0 Å². The maximum atomic E-state index is 12.8. The number of anilines is 2. The highest BCUT2D eigenvalue weighted by atomic mass is 35.5. The lowest BCUT2D eigenvalue weighted by Gasteiger charge is -2.10. The number of thiazole rings is 1. The number of fused-ring (bicyclic) bond motifs is 1. The molecule has 0 saturated heterocycles. The van der Waals surface area contributed by atoms with E-state index in [1.54, 1.807) is 24.3 Å². The Morgan fingerprint density at radius 3 is 2.50 bits per heavy atom. The molecule has 6 nitrogen and oxygen atoms in total. The summed E-state index contributed by atoms with van der Waals surface area (Å²) in [6.45, 7) is 6.60. The highest BCUT2D eigenvalue weighted by Crippen LogP contribution is 2.29. The van der Waals surface area contributed by atoms with Crippen LogP contribution >= 0.6 is 22.9 Å². The van der Waals surface area contributed by atoms with Gasteiger partial charge in [-0.1, -0.05) is 73.2 Å². The van der Waals surface area contributed by atoms with Crippen molar-refractivity contribution in [2.45, 2.75) is 33.2 Å². The molecule has 0 atom stereocenters. The average Bonchev–Trinajstić information content (AvgIpc) is 3.21. The maximum Gasteiger partial charge on any atom is 0.321 e. The van der Waals surface area contributed by atoms with Gasteiger partial charge in [0, 0.05) is 12.1 Å². The number of amides is 3. The molecule has 174 valence electrons. The second-order valence-electron chi connectivity index (χ2n) is 8.29. The van der Waals surface area contributed by atoms with Gasteiger partial charge in [0.15, 0.2) is 5.13 Å². The maximum absolute atomic E-state index is 12.8. The molecule has 0 bridgehead atoms. The van der Waals surface area contributed by atoms with Crippen molar-refractivity contribution < 1.29 is 9.59 Å². The molecule has 0 aliphatic heterocycles. The Kier molecular flexibility index (Phi) is 7.14. The van der Waals surface area contributed by atoms with Gasteiger partial charge < -0.3 is 10.6 Å². The van der Waals surface area contributed by atoms with Gasteiger partial charge in [-0.2, -0.15) is 0 Å². The van der Waals surface area contributed by atoms with Crippen LogP contribution in [0.4, 0.5) is 15.6 Å². The van der Waals surface area contributed by atoms with Crippen molar-refractivity contribution in [3.63, 3.8) is 0 Å². The SMILES string of the molecule is Cc1cccc(Cl)c1NC(=O)c1ccc2nc(NC(=O)NCc3ccc(C(C)C)cc3)sc2c1. The van der Waals surface area contributed by atoms with E-state index >= 15 is 0 Å². The minimum Gasteiger partial charge on any atom is -0.334 e. The largest absolute Gasteiger partial charge is 0.334 e. The molecule has 0 spiro atoms. The molecule has 0 aliphatic rings. The minimum atomic E-state index is -0.334. The first-order chi connectivity index (χ1) is 16.3. The first-order valence-corrected chi connectivity index (χ1v) is 12.1. The molecular formula is C26H25ClN4O2S. The molecule has 1 heterocycles. The number of rotatable bonds is 6. The van der Waals surface area contributed by atoms with E-state index in [4.69, 9.17) is 11.6 Å². The van der Waals surface area contributed by atoms with E-state index in [2.05, 4.69) is 46.9 Å². The van der Waals surface area contributed by atoms with E-state index in [1.165, 1.54) is 16.9 Å². The zero-order chi connectivity index (χ0) is 24.2. The molecule has 1 aromatic heterocycles. The van der Waals surface area contributed by atoms with Crippen LogP contribution < -0.4 is 16.0 Å². The summed E-state index contributed by atoms with van der Waals surface area (Å²) in [5, 5.41) is 9.44. The lowest BCUT2D eigenvalue weighted by atomic mass is 10.0. The van der Waals surface area contributed by atoms with Gasteiger partial charge in [-0.05, 0) is 53.8 Å². The zero-order valence-electron chi connectivity index (χ0n) is 19.1. The van der Waals surface area contributed by atoms with E-state index < -0.39 is 0 Å². The molecule has 34 heavy (non-hydrogen) atoms. The van der Waals surface area contributed by atoms with Gasteiger partial charge >= 0.3 is 6.03 Å². The third kappa shape index (κ3) is 5.55. The van der Waals surface area contributed by atoms with E-state index in [1.807, 2.05) is 31.2 Å². The molecular weight excluding hydrogens is 468 g/mol. The molecule has 0 radical (unpaired) electrons. The van der Waals surface area contributed by atoms with Crippen molar-refractivity contribution in [1.29, 1.82) is 0 Å². The molecule has 8 heteroatoms. The number of benzene rings is 3. The quantitative estimate of drug-likeness (QED) is 0.272. The van der Waals surface area contributed by atoms with E-state index in [0.717, 1.165) is 15.8 Å². The summed E-state index contributed by atoms with van der Waals surface area (Å²) in [6, 6.07) is 18.5. The number of aryl methyl sites for hydroxylation is 1. The van der Waals surface area contributed by atoms with Gasteiger partial charge in [0.05, 0.1) is 20.9 Å². The Morgan fingerprint density at radius 1 is 1.03 bits per heavy atom. The van der Waals surface area contributed by atoms with Crippen LogP contribution in [0.3, 0.4) is 0 Å². The number of carbonyl (C=O) groups excluding carboxylic acids is 2. The van der Waals surface area contributed by atoms with Gasteiger partial charge in [0.25, 0.3) is 5.91 Å². The molecule has 0 saturated carbocycles. The molecule has 0 aliphatic carbocycles. The lowest BCUT2D eigenvalue weighted by molar-refractivity contribution is 0.102. The Bertz CT molecular complexity index is 1330. The van der Waals surface area contributed by atoms with Gasteiger partial charge in [-0.15, -0.1) is 0 Å². The van der Waals surface area contributed by atoms with Crippen LogP contribution in [0, 0.1) is 6.92 Å². The summed E-state index contributed by atoms with van der Waals surface area (Å²) >= 11 is 7.53. The van der Waals surface area contributed by atoms with Crippen LogP contribution in [0.2, 0.25) is 5.02 Å². The van der Waals surface area contributed by atoms with Crippen molar-refractivity contribution >= 4 is 55.9 Å². The predicted octanol–water partition coefficient (Wildman–Crippen LogP) is 6.96. The summed E-state index contributed by atoms with van der Waals surface area (Å²) in [7, 11) is 0. The van der Waals surface area contributed by atoms with E-state index in [0.29, 0.717) is 39.4 Å². The second-order valence-corrected chi connectivity index (χ2v) is 9.73. The highest BCUT2D eigenvalue weighted by molar-refractivity contribution is 7.22. The van der Waals surface area contributed by atoms with Crippen molar-refractivity contribution in [2.75, 3.05) is 10.6 Å². The summed E-state index contributed by atoms with van der Waals surface area (Å²) in [4.78, 5) is 29.6. The molecule has 4 aromatic rings. The van der Waals surface area contributed by atoms with Crippen LogP contribution in [0.1, 0.15) is 46.8 Å². The van der Waals surface area contributed by atoms with E-state index in [-0.39, 0.29) is 11.9 Å². The van der Waals surface area contributed by atoms with Crippen molar-refractivity contribution in [3.8, 4) is 0 Å². The molecule has 3 aromatic carbocycles. The van der Waals surface area contributed by atoms with Crippen molar-refractivity contribution in [1.82, 2.24) is 10.3 Å². The fraction of sp³-hybridized carbons (Fsp3) is 0.192. The smallest absolute Gasteiger partial charge is 0.321 e. The van der Waals surface area contributed by atoms with Gasteiger partial charge in [-0.25, -0.2) is 9.78 Å². The normalized spacial score (nSPS) is 11.0. The Hall–Kier alpha value is -3.42. The van der Waals surface area contributed by atoms with Gasteiger partial charge in [0.2, 0.25) is 0 Å². The summed E-state index contributed by atoms with van der Waals surface area (Å²) in [5.74, 6) is 0.207. The van der Waals surface area contributed by atoms with Crippen LogP contribution in [0.25, 0.3) is 10.2 Å². The number of hydrogen-bond donors (Lipinski definition) is 3. The number of urea groups is 1. The summed E-state index contributed by atoms with van der Waals surface area (Å²) < 4.78 is 0.795. The third-order valence-electron chi connectivity index (χ3n) is 5.43. The number of nitrogens with one attached hydrogen (secondary N) is 3. The molecule has 0 unspecified atom stereocenters. The predicted molar refractivity (Wildman–Crippen MR) is 140 cm³/mol. The fourth-order valence-electron chi connectivity index (χ4n) is 3.44. The van der Waals surface area contributed by atoms with Gasteiger partial charge in [-0.3, -0.25) is 10.1 Å². The van der Waals surface area contributed by atoms with E-state index in [9.17, 15) is 9.59 Å². The second kappa shape index (κ2) is 10.2. The lowest BCUT2D eigenvalue weighted by Crippen LogP contribution is -2.28. The first-order valence-electron chi connectivity index (χ1n) is 10.9. The first kappa shape index (κ1) is 23.7. The summed E-state index contributed by atoms with van der Waals surface area (Å²) in [5.41, 5.74) is 4.95. The number of carbonyl (C=O) groups is 2. The summed E-state index contributed by atoms with van der Waals surface area (Å²) in [6.07, 6.45) is 0. The number of halogens is 1. The Morgan fingerprint density at radius 2 is 1.79 bits per heavy atom. The Balaban J connectivity index is 1.39. The van der Waals surface area contributed by atoms with Crippen LogP contribution in [0.15, 0.2) is 60.7 Å². The minimum absolute atomic E-state index is 0.262. The molecule has 3 N–H and O–H groups in total. The number of aromatic nitrogens is 1. The number of para-hydroxylation sites is 1. The van der Waals surface area contributed by atoms with Crippen LogP contribution in [-0.4, -0.2) is 16.9 Å². The van der Waals surface area contributed by atoms with Crippen molar-refractivity contribution in [2.24, 2.45) is 0 Å². The molecule has 3 amide bonds. The van der Waals surface area contributed by atoms with Crippen LogP contribution in [-0.2, 0) is 6.54 Å². The standard InChI is InChI=1S/C26H25ClN4O2S/c1-15(2)18-9-7-17(8-10-18)14-28-25(33)31-26-29-21-12-11-19(13-22(21)34-26)24(32)30-23-16(3)5-4-6-20(23)27/h4-13,15H,14H2,1-3H3,(H,30,32)(H2,28,29,31,33). The topological polar surface area (TPSA) is 83.1 Å². The third-order valence-corrected chi connectivity index (χ3v) is 6.68. The van der Waals surface area contributed by atoms with Crippen molar-refractivity contribution in [3.05, 3.63) is 87.9 Å².